The fraction of sp³-hybridized carbons (Fsp3) is 0.480. The van der Waals surface area contributed by atoms with Gasteiger partial charge < -0.3 is 29.0 Å². The molecular weight excluding hydrogens is 524 g/mol. The molecule has 1 unspecified atom stereocenters. The summed E-state index contributed by atoms with van der Waals surface area (Å²) in [6.07, 6.45) is -19.2. The Bertz CT molecular complexity index is 1060. The number of aliphatic hydroxyl groups is 1. The van der Waals surface area contributed by atoms with E-state index in [0.29, 0.717) is 18.1 Å². The number of benzene rings is 2. The van der Waals surface area contributed by atoms with Crippen molar-refractivity contribution < 1.29 is 55.2 Å². The molecule has 0 saturated carbocycles. The van der Waals surface area contributed by atoms with Gasteiger partial charge in [0.05, 0.1) is 13.2 Å². The van der Waals surface area contributed by atoms with Crippen molar-refractivity contribution in [2.24, 2.45) is 0 Å². The number of halogens is 6. The van der Waals surface area contributed by atoms with Gasteiger partial charge in [-0.15, -0.1) is 0 Å². The standard InChI is InChI=1S/C25H25F6NO6/c1-14(33)32(23(24(26,27)28)25(29,30)31)18-20(35-12-15-8-4-2-5-9-15)19-17(37-21(18)34)13-36-22(38-19)16-10-6-3-7-11-16/h2-11,17-23,34H,12-13H2,1H3/t17-,18-,19-,20+,21-,22?/m1/s1. The molecule has 4 rings (SSSR count). The smallest absolute Gasteiger partial charge is 0.368 e. The highest BCUT2D eigenvalue weighted by atomic mass is 19.4. The fourth-order valence-corrected chi connectivity index (χ4v) is 4.67. The third-order valence-electron chi connectivity index (χ3n) is 6.27. The van der Waals surface area contributed by atoms with Gasteiger partial charge in [0.2, 0.25) is 11.9 Å². The predicted molar refractivity (Wildman–Crippen MR) is 118 cm³/mol. The van der Waals surface area contributed by atoms with E-state index in [4.69, 9.17) is 18.9 Å². The lowest BCUT2D eigenvalue weighted by atomic mass is 9.92. The third-order valence-corrected chi connectivity index (χ3v) is 6.27. The van der Waals surface area contributed by atoms with Crippen molar-refractivity contribution in [1.82, 2.24) is 4.90 Å². The molecule has 0 bridgehead atoms. The van der Waals surface area contributed by atoms with Crippen LogP contribution in [-0.4, -0.2) is 71.6 Å². The van der Waals surface area contributed by atoms with Gasteiger partial charge in [0.25, 0.3) is 0 Å². The Hall–Kier alpha value is -2.71. The summed E-state index contributed by atoms with van der Waals surface area (Å²) in [6.45, 7) is 0.0863. The second-order valence-electron chi connectivity index (χ2n) is 8.91. The number of ether oxygens (including phenoxy) is 4. The molecule has 1 amide bonds. The monoisotopic (exact) mass is 549 g/mol. The predicted octanol–water partition coefficient (Wildman–Crippen LogP) is 4.11. The molecule has 2 aliphatic heterocycles. The van der Waals surface area contributed by atoms with Crippen LogP contribution in [0.15, 0.2) is 60.7 Å². The second kappa shape index (κ2) is 11.2. The van der Waals surface area contributed by atoms with E-state index in [1.165, 1.54) is 0 Å². The minimum absolute atomic E-state index is 0.207. The van der Waals surface area contributed by atoms with Crippen LogP contribution in [0.1, 0.15) is 24.3 Å². The molecule has 13 heteroatoms. The largest absolute Gasteiger partial charge is 0.417 e. The van der Waals surface area contributed by atoms with E-state index in [-0.39, 0.29) is 13.2 Å². The average molecular weight is 549 g/mol. The average Bonchev–Trinajstić information content (AvgIpc) is 2.85. The van der Waals surface area contributed by atoms with E-state index in [2.05, 4.69) is 0 Å². The first-order valence-corrected chi connectivity index (χ1v) is 11.6. The second-order valence-corrected chi connectivity index (χ2v) is 8.91. The minimum Gasteiger partial charge on any atom is -0.368 e. The van der Waals surface area contributed by atoms with Crippen molar-refractivity contribution in [2.45, 2.75) is 68.9 Å². The normalized spacial score (nSPS) is 28.1. The van der Waals surface area contributed by atoms with Crippen molar-refractivity contribution >= 4 is 5.91 Å². The summed E-state index contributed by atoms with van der Waals surface area (Å²) >= 11 is 0. The van der Waals surface area contributed by atoms with E-state index in [1.54, 1.807) is 60.7 Å². The molecule has 0 spiro atoms. The number of rotatable bonds is 6. The zero-order valence-electron chi connectivity index (χ0n) is 19.9. The van der Waals surface area contributed by atoms with Crippen LogP contribution in [0.3, 0.4) is 0 Å². The van der Waals surface area contributed by atoms with E-state index in [1.807, 2.05) is 0 Å². The van der Waals surface area contributed by atoms with Gasteiger partial charge >= 0.3 is 12.4 Å². The lowest BCUT2D eigenvalue weighted by Crippen LogP contribution is -2.71. The molecule has 7 nitrogen and oxygen atoms in total. The van der Waals surface area contributed by atoms with Crippen LogP contribution in [0, 0.1) is 0 Å². The van der Waals surface area contributed by atoms with E-state index in [9.17, 15) is 36.2 Å². The van der Waals surface area contributed by atoms with Crippen LogP contribution >= 0.6 is 0 Å². The molecule has 1 N–H and O–H groups in total. The lowest BCUT2D eigenvalue weighted by Gasteiger charge is -2.52. The highest BCUT2D eigenvalue weighted by molar-refractivity contribution is 5.74. The molecule has 0 aliphatic carbocycles. The summed E-state index contributed by atoms with van der Waals surface area (Å²) in [7, 11) is 0. The van der Waals surface area contributed by atoms with Gasteiger partial charge in [0, 0.05) is 12.5 Å². The maximum absolute atomic E-state index is 13.8. The number of nitrogens with zero attached hydrogens (tertiary/aromatic N) is 1. The molecule has 0 radical (unpaired) electrons. The quantitative estimate of drug-likeness (QED) is 0.547. The van der Waals surface area contributed by atoms with Crippen molar-refractivity contribution in [3.8, 4) is 0 Å². The first-order chi connectivity index (χ1) is 17.9. The molecule has 38 heavy (non-hydrogen) atoms. The van der Waals surface area contributed by atoms with Crippen molar-refractivity contribution in [1.29, 1.82) is 0 Å². The van der Waals surface area contributed by atoms with Crippen molar-refractivity contribution in [2.75, 3.05) is 6.61 Å². The Kier molecular flexibility index (Phi) is 8.33. The van der Waals surface area contributed by atoms with Gasteiger partial charge in [-0.05, 0) is 5.56 Å². The molecule has 6 atom stereocenters. The van der Waals surface area contributed by atoms with E-state index in [0.717, 1.165) is 0 Å². The first kappa shape index (κ1) is 28.3. The number of aliphatic hydroxyl groups excluding tert-OH is 1. The van der Waals surface area contributed by atoms with Gasteiger partial charge in [-0.1, -0.05) is 60.7 Å². The summed E-state index contributed by atoms with van der Waals surface area (Å²) in [5, 5.41) is 10.7. The summed E-state index contributed by atoms with van der Waals surface area (Å²) in [5.74, 6) is -1.59. The third kappa shape index (κ3) is 6.12. The van der Waals surface area contributed by atoms with Gasteiger partial charge in [-0.3, -0.25) is 4.79 Å². The maximum atomic E-state index is 13.8. The Morgan fingerprint density at radius 3 is 2.13 bits per heavy atom. The summed E-state index contributed by atoms with van der Waals surface area (Å²) in [5.41, 5.74) is 1.08. The Balaban J connectivity index is 1.75. The molecule has 2 saturated heterocycles. The number of alkyl halides is 6. The highest BCUT2D eigenvalue weighted by Crippen LogP contribution is 2.43. The van der Waals surface area contributed by atoms with Crippen LogP contribution in [-0.2, 0) is 30.3 Å². The van der Waals surface area contributed by atoms with Crippen LogP contribution in [0.5, 0.6) is 0 Å². The molecule has 2 aromatic rings. The molecule has 208 valence electrons. The number of fused-ring (bicyclic) bond motifs is 1. The summed E-state index contributed by atoms with van der Waals surface area (Å²) in [4.78, 5) is 12.0. The SMILES string of the molecule is CC(=O)N(C(C(F)(F)F)C(F)(F)F)[C@@H]1[C@H](OCc2ccccc2)[C@@H]2OC(c3ccccc3)OC[C@H]2O[C@H]1O. The van der Waals surface area contributed by atoms with Gasteiger partial charge in [0.1, 0.15) is 24.4 Å². The Morgan fingerprint density at radius 1 is 1.00 bits per heavy atom. The van der Waals surface area contributed by atoms with Gasteiger partial charge in [-0.2, -0.15) is 26.3 Å². The molecule has 2 aromatic carbocycles. The van der Waals surface area contributed by atoms with Crippen LogP contribution in [0.2, 0.25) is 0 Å². The van der Waals surface area contributed by atoms with E-state index < -0.39 is 66.1 Å². The highest BCUT2D eigenvalue weighted by Gasteiger charge is 2.65. The Labute approximate surface area is 213 Å². The molecular formula is C25H25F6NO6. The number of hydrogen-bond donors (Lipinski definition) is 1. The summed E-state index contributed by atoms with van der Waals surface area (Å²) < 4.78 is 105. The zero-order valence-corrected chi connectivity index (χ0v) is 19.9. The van der Waals surface area contributed by atoms with Crippen molar-refractivity contribution in [3.63, 3.8) is 0 Å². The number of hydrogen-bond acceptors (Lipinski definition) is 6. The topological polar surface area (TPSA) is 77.5 Å². The number of amides is 1. The molecule has 2 aliphatic rings. The van der Waals surface area contributed by atoms with Gasteiger partial charge in [0.15, 0.2) is 12.6 Å². The lowest BCUT2D eigenvalue weighted by molar-refractivity contribution is -0.363. The number of carbonyl (C=O) groups excluding carboxylic acids is 1. The maximum Gasteiger partial charge on any atom is 0.417 e. The Morgan fingerprint density at radius 2 is 1.58 bits per heavy atom. The van der Waals surface area contributed by atoms with Crippen LogP contribution in [0.4, 0.5) is 26.3 Å². The minimum atomic E-state index is -5.91. The molecule has 2 fully saturated rings. The first-order valence-electron chi connectivity index (χ1n) is 11.6. The zero-order chi connectivity index (χ0) is 27.7. The van der Waals surface area contributed by atoms with Gasteiger partial charge in [-0.25, -0.2) is 0 Å². The molecule has 2 heterocycles. The number of carbonyl (C=O) groups is 1. The summed E-state index contributed by atoms with van der Waals surface area (Å²) in [6, 6.07) is 10.3. The van der Waals surface area contributed by atoms with Crippen LogP contribution in [0.25, 0.3) is 0 Å². The fourth-order valence-electron chi connectivity index (χ4n) is 4.67. The molecule has 0 aromatic heterocycles. The van der Waals surface area contributed by atoms with Crippen molar-refractivity contribution in [3.05, 3.63) is 71.8 Å². The van der Waals surface area contributed by atoms with E-state index >= 15 is 0 Å². The van der Waals surface area contributed by atoms with Crippen LogP contribution < -0.4 is 0 Å².